The van der Waals surface area contributed by atoms with Gasteiger partial charge in [0.05, 0.1) is 23.9 Å². The molecule has 0 spiro atoms. The summed E-state index contributed by atoms with van der Waals surface area (Å²) in [5.41, 5.74) is 0.348. The van der Waals surface area contributed by atoms with Crippen LogP contribution in [0.3, 0.4) is 0 Å². The van der Waals surface area contributed by atoms with Crippen LogP contribution in [0.15, 0.2) is 29.2 Å². The molecule has 0 radical (unpaired) electrons. The lowest BCUT2D eigenvalue weighted by atomic mass is 10.2. The van der Waals surface area contributed by atoms with Crippen molar-refractivity contribution in [2.75, 3.05) is 12.3 Å². The van der Waals surface area contributed by atoms with Crippen molar-refractivity contribution in [2.45, 2.75) is 11.0 Å². The molecule has 0 aliphatic heterocycles. The first-order valence-electron chi connectivity index (χ1n) is 5.34. The van der Waals surface area contributed by atoms with Crippen LogP contribution in [0.25, 0.3) is 0 Å². The minimum Gasteiger partial charge on any atom is -0.479 e. The van der Waals surface area contributed by atoms with Crippen LogP contribution in [0.2, 0.25) is 0 Å². The Morgan fingerprint density at radius 1 is 1.42 bits per heavy atom. The summed E-state index contributed by atoms with van der Waals surface area (Å²) in [5, 5.41) is 28.4. The van der Waals surface area contributed by atoms with Crippen molar-refractivity contribution in [3.8, 4) is 6.07 Å². The van der Waals surface area contributed by atoms with Crippen LogP contribution in [0.4, 0.5) is 0 Å². The Morgan fingerprint density at radius 2 is 2.11 bits per heavy atom. The van der Waals surface area contributed by atoms with E-state index in [9.17, 15) is 9.59 Å². The van der Waals surface area contributed by atoms with Crippen molar-refractivity contribution in [3.05, 3.63) is 29.8 Å². The van der Waals surface area contributed by atoms with Gasteiger partial charge in [0.15, 0.2) is 6.10 Å². The molecule has 0 aromatic heterocycles. The average Bonchev–Trinajstić information content (AvgIpc) is 2.42. The Balaban J connectivity index is 2.71. The van der Waals surface area contributed by atoms with E-state index in [0.717, 1.165) is 0 Å². The molecule has 0 fully saturated rings. The quantitative estimate of drug-likeness (QED) is 0.654. The number of rotatable bonds is 6. The molecule has 1 atom stereocenters. The number of carbonyl (C=O) groups is 2. The lowest BCUT2D eigenvalue weighted by Gasteiger charge is -2.10. The first-order chi connectivity index (χ1) is 9.06. The van der Waals surface area contributed by atoms with Crippen molar-refractivity contribution < 1.29 is 19.8 Å². The van der Waals surface area contributed by atoms with E-state index in [1.165, 1.54) is 11.8 Å². The van der Waals surface area contributed by atoms with Gasteiger partial charge in [-0.3, -0.25) is 4.79 Å². The lowest BCUT2D eigenvalue weighted by Crippen LogP contribution is -2.36. The van der Waals surface area contributed by atoms with Gasteiger partial charge in [-0.05, 0) is 12.1 Å². The van der Waals surface area contributed by atoms with Crippen molar-refractivity contribution in [3.63, 3.8) is 0 Å². The monoisotopic (exact) mass is 280 g/mol. The topological polar surface area (TPSA) is 110 Å². The number of nitrogens with one attached hydrogen (secondary N) is 1. The van der Waals surface area contributed by atoms with Gasteiger partial charge in [0.1, 0.15) is 0 Å². The predicted molar refractivity (Wildman–Crippen MR) is 68.8 cm³/mol. The Labute approximate surface area is 114 Å². The minimum absolute atomic E-state index is 0.210. The van der Waals surface area contributed by atoms with E-state index in [1.807, 2.05) is 6.07 Å². The molecule has 1 rings (SSSR count). The smallest absolute Gasteiger partial charge is 0.334 e. The summed E-state index contributed by atoms with van der Waals surface area (Å²) in [6.45, 7) is -0.370. The number of carboxylic acids is 1. The molecule has 0 aliphatic rings. The Hall–Kier alpha value is -2.04. The van der Waals surface area contributed by atoms with Crippen molar-refractivity contribution in [2.24, 2.45) is 0 Å². The number of thioether (sulfide) groups is 1. The van der Waals surface area contributed by atoms with Crippen LogP contribution in [-0.2, 0) is 4.79 Å². The third kappa shape index (κ3) is 4.62. The van der Waals surface area contributed by atoms with Crippen LogP contribution in [-0.4, -0.2) is 40.5 Å². The zero-order chi connectivity index (χ0) is 14.3. The second kappa shape index (κ2) is 7.41. The summed E-state index contributed by atoms with van der Waals surface area (Å²) in [6.07, 6.45) is -1.64. The van der Waals surface area contributed by atoms with Crippen LogP contribution >= 0.6 is 11.8 Å². The van der Waals surface area contributed by atoms with Gasteiger partial charge >= 0.3 is 5.97 Å². The van der Waals surface area contributed by atoms with E-state index in [0.29, 0.717) is 10.5 Å². The molecule has 1 aromatic rings. The van der Waals surface area contributed by atoms with Crippen molar-refractivity contribution in [1.82, 2.24) is 5.32 Å². The number of amides is 1. The Bertz CT molecular complexity index is 513. The molecule has 6 nitrogen and oxygen atoms in total. The summed E-state index contributed by atoms with van der Waals surface area (Å²) >= 11 is 1.22. The molecule has 0 heterocycles. The fraction of sp³-hybridized carbons (Fsp3) is 0.250. The fourth-order valence-electron chi connectivity index (χ4n) is 1.26. The number of aliphatic hydroxyl groups excluding tert-OH is 1. The molecule has 0 aliphatic carbocycles. The number of nitriles is 1. The number of carbonyl (C=O) groups excluding carboxylic acids is 1. The molecule has 0 bridgehead atoms. The number of hydrogen-bond donors (Lipinski definition) is 3. The fourth-order valence-corrected chi connectivity index (χ4v) is 1.97. The van der Waals surface area contributed by atoms with Gasteiger partial charge in [-0.25, -0.2) is 4.79 Å². The Morgan fingerprint density at radius 3 is 2.74 bits per heavy atom. The number of aliphatic hydroxyl groups is 1. The van der Waals surface area contributed by atoms with Gasteiger partial charge in [0.25, 0.3) is 5.91 Å². The summed E-state index contributed by atoms with van der Waals surface area (Å²) in [5.74, 6) is -1.67. The number of aliphatic carboxylic acids is 1. The van der Waals surface area contributed by atoms with Crippen LogP contribution in [0, 0.1) is 11.3 Å². The molecule has 7 heteroatoms. The third-order valence-corrected chi connectivity index (χ3v) is 3.11. The van der Waals surface area contributed by atoms with E-state index in [4.69, 9.17) is 15.5 Å². The maximum Gasteiger partial charge on any atom is 0.334 e. The van der Waals surface area contributed by atoms with Crippen LogP contribution in [0.5, 0.6) is 0 Å². The highest BCUT2D eigenvalue weighted by molar-refractivity contribution is 7.99. The van der Waals surface area contributed by atoms with Crippen LogP contribution < -0.4 is 5.32 Å². The number of hydrogen-bond acceptors (Lipinski definition) is 5. The molecule has 0 saturated heterocycles. The normalized spacial score (nSPS) is 11.4. The average molecular weight is 280 g/mol. The Kier molecular flexibility index (Phi) is 5.85. The van der Waals surface area contributed by atoms with E-state index in [-0.39, 0.29) is 12.3 Å². The van der Waals surface area contributed by atoms with E-state index < -0.39 is 18.0 Å². The number of nitrogens with zero attached hydrogens (tertiary/aromatic N) is 1. The first-order valence-corrected chi connectivity index (χ1v) is 6.32. The molecule has 1 aromatic carbocycles. The van der Waals surface area contributed by atoms with E-state index in [2.05, 4.69) is 5.32 Å². The second-order valence-corrected chi connectivity index (χ2v) is 4.52. The molecule has 1 amide bonds. The van der Waals surface area contributed by atoms with E-state index in [1.54, 1.807) is 24.3 Å². The largest absolute Gasteiger partial charge is 0.479 e. The molecule has 100 valence electrons. The molecule has 1 unspecified atom stereocenters. The second-order valence-electron chi connectivity index (χ2n) is 3.51. The molecular weight excluding hydrogens is 268 g/mol. The molecule has 0 saturated carbocycles. The summed E-state index contributed by atoms with van der Waals surface area (Å²) < 4.78 is 0. The molecule has 19 heavy (non-hydrogen) atoms. The summed E-state index contributed by atoms with van der Waals surface area (Å²) in [7, 11) is 0. The highest BCUT2D eigenvalue weighted by atomic mass is 32.2. The molecule has 3 N–H and O–H groups in total. The van der Waals surface area contributed by atoms with Gasteiger partial charge < -0.3 is 15.5 Å². The van der Waals surface area contributed by atoms with Gasteiger partial charge in [0.2, 0.25) is 0 Å². The standard InChI is InChI=1S/C12H12N2O4S/c13-5-6-19-10-4-2-1-3-8(10)11(16)14-7-9(15)12(17)18/h1-4,9,15H,6-7H2,(H,14,16)(H,17,18). The summed E-state index contributed by atoms with van der Waals surface area (Å²) in [6, 6.07) is 8.64. The predicted octanol–water partition coefficient (Wildman–Crippen LogP) is 0.478. The van der Waals surface area contributed by atoms with Gasteiger partial charge in [-0.15, -0.1) is 11.8 Å². The minimum atomic E-state index is -1.64. The SMILES string of the molecule is N#CCSc1ccccc1C(=O)NCC(O)C(=O)O. The first kappa shape index (κ1) is 15.0. The van der Waals surface area contributed by atoms with Crippen LogP contribution in [0.1, 0.15) is 10.4 Å². The third-order valence-electron chi connectivity index (χ3n) is 2.16. The lowest BCUT2D eigenvalue weighted by molar-refractivity contribution is -0.146. The van der Waals surface area contributed by atoms with Crippen molar-refractivity contribution >= 4 is 23.6 Å². The molecular formula is C12H12N2O4S. The number of benzene rings is 1. The van der Waals surface area contributed by atoms with Gasteiger partial charge in [0, 0.05) is 4.90 Å². The zero-order valence-corrected chi connectivity index (χ0v) is 10.7. The van der Waals surface area contributed by atoms with Gasteiger partial charge in [-0.2, -0.15) is 5.26 Å². The number of carboxylic acid groups (broad SMARTS) is 1. The maximum atomic E-state index is 11.8. The van der Waals surface area contributed by atoms with Crippen molar-refractivity contribution in [1.29, 1.82) is 5.26 Å². The zero-order valence-electron chi connectivity index (χ0n) is 9.87. The highest BCUT2D eigenvalue weighted by Gasteiger charge is 2.16. The summed E-state index contributed by atoms with van der Waals surface area (Å²) in [4.78, 5) is 22.9. The van der Waals surface area contributed by atoms with Gasteiger partial charge in [-0.1, -0.05) is 12.1 Å². The maximum absolute atomic E-state index is 11.8. The van der Waals surface area contributed by atoms with E-state index >= 15 is 0 Å². The highest BCUT2D eigenvalue weighted by Crippen LogP contribution is 2.21.